The molecule has 1 atom stereocenters. The number of carbonyl (C=O) groups is 2. The van der Waals surface area contributed by atoms with E-state index < -0.39 is 12.0 Å². The van der Waals surface area contributed by atoms with Crippen molar-refractivity contribution in [2.24, 2.45) is 5.92 Å². The summed E-state index contributed by atoms with van der Waals surface area (Å²) >= 11 is 4.24. The SMILES string of the molecule is CCc1nc(C(=O)NC(C(=O)OC)C(C)C)ccc1CS. The number of ether oxygens (including phenoxy) is 1. The number of hydrogen-bond donors (Lipinski definition) is 2. The Balaban J connectivity index is 2.95. The minimum Gasteiger partial charge on any atom is -0.467 e. The number of esters is 1. The highest BCUT2D eigenvalue weighted by molar-refractivity contribution is 7.79. The van der Waals surface area contributed by atoms with Crippen LogP contribution < -0.4 is 5.32 Å². The number of nitrogens with one attached hydrogen (secondary N) is 1. The third kappa shape index (κ3) is 4.46. The molecule has 6 heteroatoms. The van der Waals surface area contributed by atoms with Gasteiger partial charge in [-0.25, -0.2) is 9.78 Å². The maximum Gasteiger partial charge on any atom is 0.328 e. The highest BCUT2D eigenvalue weighted by Gasteiger charge is 2.25. The lowest BCUT2D eigenvalue weighted by Crippen LogP contribution is -2.45. The van der Waals surface area contributed by atoms with Crippen LogP contribution in [-0.2, 0) is 21.7 Å². The molecule has 0 spiro atoms. The van der Waals surface area contributed by atoms with E-state index in [-0.39, 0.29) is 11.8 Å². The van der Waals surface area contributed by atoms with Gasteiger partial charge in [0.15, 0.2) is 0 Å². The van der Waals surface area contributed by atoms with Gasteiger partial charge in [-0.15, -0.1) is 0 Å². The molecule has 1 unspecified atom stereocenters. The largest absolute Gasteiger partial charge is 0.467 e. The second kappa shape index (κ2) is 8.02. The van der Waals surface area contributed by atoms with Crippen LogP contribution in [0.4, 0.5) is 0 Å². The fourth-order valence-corrected chi connectivity index (χ4v) is 2.23. The number of hydrogen-bond acceptors (Lipinski definition) is 5. The average molecular weight is 310 g/mol. The third-order valence-corrected chi connectivity index (χ3v) is 3.56. The highest BCUT2D eigenvalue weighted by atomic mass is 32.1. The molecule has 5 nitrogen and oxygen atoms in total. The van der Waals surface area contributed by atoms with Crippen LogP contribution in [-0.4, -0.2) is 30.0 Å². The molecule has 0 aromatic carbocycles. The van der Waals surface area contributed by atoms with Crippen LogP contribution >= 0.6 is 12.6 Å². The Labute approximate surface area is 130 Å². The molecule has 1 amide bonds. The first-order valence-electron chi connectivity index (χ1n) is 6.92. The topological polar surface area (TPSA) is 68.3 Å². The first-order valence-corrected chi connectivity index (χ1v) is 7.56. The Bertz CT molecular complexity index is 518. The number of carbonyl (C=O) groups excluding carboxylic acids is 2. The van der Waals surface area contributed by atoms with Crippen LogP contribution in [0.15, 0.2) is 12.1 Å². The molecule has 0 saturated heterocycles. The van der Waals surface area contributed by atoms with Gasteiger partial charge in [0, 0.05) is 11.4 Å². The smallest absolute Gasteiger partial charge is 0.328 e. The van der Waals surface area contributed by atoms with Gasteiger partial charge in [-0.3, -0.25) is 4.79 Å². The van der Waals surface area contributed by atoms with E-state index in [9.17, 15) is 9.59 Å². The molecule has 1 N–H and O–H groups in total. The van der Waals surface area contributed by atoms with Crippen LogP contribution in [0.2, 0.25) is 0 Å². The summed E-state index contributed by atoms with van der Waals surface area (Å²) < 4.78 is 4.71. The molecular weight excluding hydrogens is 288 g/mol. The normalized spacial score (nSPS) is 12.1. The molecule has 0 bridgehead atoms. The van der Waals surface area contributed by atoms with Crippen molar-refractivity contribution in [3.05, 3.63) is 29.1 Å². The van der Waals surface area contributed by atoms with Gasteiger partial charge in [-0.2, -0.15) is 12.6 Å². The van der Waals surface area contributed by atoms with E-state index in [0.717, 1.165) is 17.7 Å². The maximum absolute atomic E-state index is 12.2. The van der Waals surface area contributed by atoms with Crippen LogP contribution in [0.25, 0.3) is 0 Å². The fourth-order valence-electron chi connectivity index (χ4n) is 1.95. The molecule has 21 heavy (non-hydrogen) atoms. The van der Waals surface area contributed by atoms with Gasteiger partial charge in [0.1, 0.15) is 11.7 Å². The number of nitrogens with zero attached hydrogens (tertiary/aromatic N) is 1. The molecule has 1 aromatic heterocycles. The zero-order valence-corrected chi connectivity index (χ0v) is 13.7. The van der Waals surface area contributed by atoms with Crippen LogP contribution in [0.5, 0.6) is 0 Å². The standard InChI is InChI=1S/C15H22N2O3S/c1-5-11-10(8-21)6-7-12(16-11)14(18)17-13(9(2)3)15(19)20-4/h6-7,9,13,21H,5,8H2,1-4H3,(H,17,18). The van der Waals surface area contributed by atoms with Gasteiger partial charge >= 0.3 is 5.97 Å². The zero-order chi connectivity index (χ0) is 16.0. The fraction of sp³-hybridized carbons (Fsp3) is 0.533. The van der Waals surface area contributed by atoms with Gasteiger partial charge < -0.3 is 10.1 Å². The van der Waals surface area contributed by atoms with Gasteiger partial charge in [0.05, 0.1) is 7.11 Å². The summed E-state index contributed by atoms with van der Waals surface area (Å²) in [7, 11) is 1.30. The van der Waals surface area contributed by atoms with Crippen molar-refractivity contribution in [1.82, 2.24) is 10.3 Å². The molecule has 0 fully saturated rings. The van der Waals surface area contributed by atoms with E-state index in [1.807, 2.05) is 26.8 Å². The lowest BCUT2D eigenvalue weighted by atomic mass is 10.0. The lowest BCUT2D eigenvalue weighted by molar-refractivity contribution is -0.144. The molecule has 0 radical (unpaired) electrons. The van der Waals surface area contributed by atoms with Crippen molar-refractivity contribution in [3.63, 3.8) is 0 Å². The van der Waals surface area contributed by atoms with Crippen molar-refractivity contribution < 1.29 is 14.3 Å². The lowest BCUT2D eigenvalue weighted by Gasteiger charge is -2.19. The van der Waals surface area contributed by atoms with Crippen molar-refractivity contribution in [3.8, 4) is 0 Å². The summed E-state index contributed by atoms with van der Waals surface area (Å²) in [5.41, 5.74) is 2.15. The minimum atomic E-state index is -0.682. The molecule has 1 aromatic rings. The van der Waals surface area contributed by atoms with Gasteiger partial charge in [0.2, 0.25) is 0 Å². The van der Waals surface area contributed by atoms with Crippen molar-refractivity contribution in [2.75, 3.05) is 7.11 Å². The van der Waals surface area contributed by atoms with Crippen molar-refractivity contribution >= 4 is 24.5 Å². The summed E-state index contributed by atoms with van der Waals surface area (Å²) in [6, 6.07) is 2.81. The number of aryl methyl sites for hydroxylation is 1. The second-order valence-corrected chi connectivity index (χ2v) is 5.35. The van der Waals surface area contributed by atoms with Gasteiger partial charge in [0.25, 0.3) is 5.91 Å². The number of amides is 1. The number of pyridine rings is 1. The predicted octanol–water partition coefficient (Wildman–Crippen LogP) is 2.00. The Morgan fingerprint density at radius 2 is 2.05 bits per heavy atom. The predicted molar refractivity (Wildman–Crippen MR) is 84.4 cm³/mol. The molecular formula is C15H22N2O3S. The molecule has 0 saturated carbocycles. The first-order chi connectivity index (χ1) is 9.94. The third-order valence-electron chi connectivity index (χ3n) is 3.21. The van der Waals surface area contributed by atoms with Crippen molar-refractivity contribution in [2.45, 2.75) is 39.0 Å². The Morgan fingerprint density at radius 1 is 1.38 bits per heavy atom. The van der Waals surface area contributed by atoms with Crippen LogP contribution in [0.1, 0.15) is 42.5 Å². The van der Waals surface area contributed by atoms with Crippen LogP contribution in [0, 0.1) is 5.92 Å². The van der Waals surface area contributed by atoms with Gasteiger partial charge in [-0.1, -0.05) is 26.8 Å². The summed E-state index contributed by atoms with van der Waals surface area (Å²) in [6.07, 6.45) is 0.724. The van der Waals surface area contributed by atoms with Crippen LogP contribution in [0.3, 0.4) is 0 Å². The quantitative estimate of drug-likeness (QED) is 0.623. The summed E-state index contributed by atoms with van der Waals surface area (Å²) in [4.78, 5) is 28.3. The van der Waals surface area contributed by atoms with E-state index in [2.05, 4.69) is 22.9 Å². The molecule has 1 rings (SSSR count). The molecule has 0 aliphatic rings. The Hall–Kier alpha value is -1.56. The van der Waals surface area contributed by atoms with E-state index in [4.69, 9.17) is 4.74 Å². The van der Waals surface area contributed by atoms with E-state index in [1.165, 1.54) is 7.11 Å². The van der Waals surface area contributed by atoms with E-state index >= 15 is 0 Å². The van der Waals surface area contributed by atoms with Crippen molar-refractivity contribution in [1.29, 1.82) is 0 Å². The number of thiol groups is 1. The average Bonchev–Trinajstić information content (AvgIpc) is 2.50. The monoisotopic (exact) mass is 310 g/mol. The zero-order valence-electron chi connectivity index (χ0n) is 12.8. The van der Waals surface area contributed by atoms with Gasteiger partial charge in [-0.05, 0) is 24.0 Å². The first kappa shape index (κ1) is 17.5. The molecule has 116 valence electrons. The summed E-state index contributed by atoms with van der Waals surface area (Å²) in [5.74, 6) is -0.321. The van der Waals surface area contributed by atoms with E-state index in [1.54, 1.807) is 6.07 Å². The van der Waals surface area contributed by atoms with E-state index in [0.29, 0.717) is 11.4 Å². The Morgan fingerprint density at radius 3 is 2.52 bits per heavy atom. The second-order valence-electron chi connectivity index (χ2n) is 5.03. The maximum atomic E-state index is 12.2. The molecule has 0 aliphatic carbocycles. The number of rotatable bonds is 6. The number of methoxy groups -OCH3 is 1. The summed E-state index contributed by atoms with van der Waals surface area (Å²) in [6.45, 7) is 5.66. The summed E-state index contributed by atoms with van der Waals surface area (Å²) in [5, 5.41) is 2.68. The number of aromatic nitrogens is 1. The molecule has 1 heterocycles. The molecule has 0 aliphatic heterocycles. The Kier molecular flexibility index (Phi) is 6.68. The minimum absolute atomic E-state index is 0.0660. The highest BCUT2D eigenvalue weighted by Crippen LogP contribution is 2.12.